The maximum absolute atomic E-state index is 12.7. The molecule has 0 saturated carbocycles. The van der Waals surface area contributed by atoms with E-state index in [1.807, 2.05) is 0 Å². The summed E-state index contributed by atoms with van der Waals surface area (Å²) in [7, 11) is 1.59. The molecule has 2 aromatic heterocycles. The molecule has 0 bridgehead atoms. The second kappa shape index (κ2) is 8.31. The number of hydrogen-bond acceptors (Lipinski definition) is 7. The van der Waals surface area contributed by atoms with Crippen LogP contribution in [0.3, 0.4) is 0 Å². The first kappa shape index (κ1) is 20.2. The van der Waals surface area contributed by atoms with E-state index < -0.39 is 11.3 Å². The highest BCUT2D eigenvalue weighted by Crippen LogP contribution is 2.33. The van der Waals surface area contributed by atoms with Gasteiger partial charge in [0.05, 0.1) is 17.7 Å². The van der Waals surface area contributed by atoms with Crippen LogP contribution in [-0.4, -0.2) is 25.4 Å². The smallest absolute Gasteiger partial charge is 0.344 e. The van der Waals surface area contributed by atoms with Crippen LogP contribution in [0.1, 0.15) is 5.56 Å². The molecule has 7 nitrogen and oxygen atoms in total. The van der Waals surface area contributed by atoms with Gasteiger partial charge in [0, 0.05) is 47.6 Å². The fourth-order valence-electron chi connectivity index (χ4n) is 3.34. The molecule has 4 rings (SSSR count). The van der Waals surface area contributed by atoms with E-state index in [1.54, 1.807) is 37.4 Å². The van der Waals surface area contributed by atoms with Gasteiger partial charge >= 0.3 is 11.3 Å². The summed E-state index contributed by atoms with van der Waals surface area (Å²) in [6.07, 6.45) is 0. The van der Waals surface area contributed by atoms with Crippen molar-refractivity contribution in [2.75, 3.05) is 20.3 Å². The van der Waals surface area contributed by atoms with Gasteiger partial charge in [-0.3, -0.25) is 0 Å². The number of ether oxygens (including phenoxy) is 1. The summed E-state index contributed by atoms with van der Waals surface area (Å²) in [5.41, 5.74) is 0.322. The minimum absolute atomic E-state index is 0.0231. The lowest BCUT2D eigenvalue weighted by Crippen LogP contribution is -2.19. The maximum Gasteiger partial charge on any atom is 0.344 e. The fraction of sp³-hybridized carbons (Fsp3) is 0.182. The number of aromatic hydroxyl groups is 1. The van der Waals surface area contributed by atoms with E-state index in [0.29, 0.717) is 45.7 Å². The Kier molecular flexibility index (Phi) is 5.59. The number of halogens is 1. The van der Waals surface area contributed by atoms with Crippen molar-refractivity contribution in [2.45, 2.75) is 6.54 Å². The first-order valence-electron chi connectivity index (χ1n) is 9.20. The Morgan fingerprint density at radius 1 is 1.07 bits per heavy atom. The van der Waals surface area contributed by atoms with Gasteiger partial charge in [-0.25, -0.2) is 9.59 Å². The average Bonchev–Trinajstić information content (AvgIpc) is 2.71. The highest BCUT2D eigenvalue weighted by molar-refractivity contribution is 6.31. The molecule has 8 heteroatoms. The van der Waals surface area contributed by atoms with E-state index in [9.17, 15) is 14.7 Å². The number of phenolic OH excluding ortho intramolecular Hbond substituents is 1. The third kappa shape index (κ3) is 3.82. The largest absolute Gasteiger partial charge is 0.507 e. The zero-order chi connectivity index (χ0) is 21.3. The Morgan fingerprint density at radius 3 is 2.70 bits per heavy atom. The second-order valence-electron chi connectivity index (χ2n) is 6.72. The van der Waals surface area contributed by atoms with E-state index in [-0.39, 0.29) is 23.4 Å². The normalized spacial score (nSPS) is 11.4. The van der Waals surface area contributed by atoms with E-state index in [1.165, 1.54) is 12.1 Å². The van der Waals surface area contributed by atoms with Crippen LogP contribution >= 0.6 is 11.6 Å². The number of rotatable bonds is 6. The van der Waals surface area contributed by atoms with Crippen molar-refractivity contribution < 1.29 is 18.7 Å². The molecule has 0 aliphatic rings. The molecule has 0 unspecified atom stereocenters. The third-order valence-electron chi connectivity index (χ3n) is 4.76. The molecule has 30 heavy (non-hydrogen) atoms. The number of hydrogen-bond donors (Lipinski definition) is 2. The van der Waals surface area contributed by atoms with Crippen molar-refractivity contribution >= 4 is 33.5 Å². The zero-order valence-electron chi connectivity index (χ0n) is 16.0. The number of fused-ring (bicyclic) bond motifs is 2. The van der Waals surface area contributed by atoms with Gasteiger partial charge in [-0.15, -0.1) is 0 Å². The molecule has 0 fully saturated rings. The number of benzene rings is 2. The summed E-state index contributed by atoms with van der Waals surface area (Å²) in [5.74, 6) is -0.0231. The van der Waals surface area contributed by atoms with Gasteiger partial charge in [0.15, 0.2) is 0 Å². The Bertz CT molecular complexity index is 1360. The van der Waals surface area contributed by atoms with Gasteiger partial charge in [-0.05, 0) is 36.4 Å². The van der Waals surface area contributed by atoms with Crippen molar-refractivity contribution in [3.63, 3.8) is 0 Å². The molecular weight excluding hydrogens is 410 g/mol. The van der Waals surface area contributed by atoms with Crippen LogP contribution in [0.2, 0.25) is 5.02 Å². The first-order valence-corrected chi connectivity index (χ1v) is 9.58. The van der Waals surface area contributed by atoms with Crippen molar-refractivity contribution in [1.82, 2.24) is 5.32 Å². The number of phenols is 1. The van der Waals surface area contributed by atoms with Gasteiger partial charge in [-0.1, -0.05) is 11.6 Å². The van der Waals surface area contributed by atoms with Crippen LogP contribution < -0.4 is 16.6 Å². The quantitative estimate of drug-likeness (QED) is 0.357. The van der Waals surface area contributed by atoms with Crippen LogP contribution in [0.25, 0.3) is 33.1 Å². The summed E-state index contributed by atoms with van der Waals surface area (Å²) in [4.78, 5) is 25.0. The summed E-state index contributed by atoms with van der Waals surface area (Å²) >= 11 is 6.06. The van der Waals surface area contributed by atoms with Crippen molar-refractivity contribution in [2.24, 2.45) is 0 Å². The van der Waals surface area contributed by atoms with Crippen molar-refractivity contribution in [1.29, 1.82) is 0 Å². The molecule has 154 valence electrons. The standard InChI is InChI=1S/C22H18ClNO6/c1-28-7-6-24-11-17-18(25)4-3-14-15(10-20(26)30-21(14)17)16-9-12-8-13(23)2-5-19(12)29-22(16)27/h2-5,8-10,24-25H,6-7,11H2,1H3. The highest BCUT2D eigenvalue weighted by Gasteiger charge is 2.17. The summed E-state index contributed by atoms with van der Waals surface area (Å²) < 4.78 is 15.8. The molecule has 2 aromatic carbocycles. The Balaban J connectivity index is 1.92. The van der Waals surface area contributed by atoms with Crippen LogP contribution in [0, 0.1) is 0 Å². The number of nitrogens with one attached hydrogen (secondary N) is 1. The Labute approximate surface area is 175 Å². The highest BCUT2D eigenvalue weighted by atomic mass is 35.5. The van der Waals surface area contributed by atoms with Gasteiger partial charge < -0.3 is 24.0 Å². The van der Waals surface area contributed by atoms with E-state index in [4.69, 9.17) is 25.2 Å². The monoisotopic (exact) mass is 427 g/mol. The van der Waals surface area contributed by atoms with Crippen LogP contribution in [-0.2, 0) is 11.3 Å². The topological polar surface area (TPSA) is 102 Å². The molecule has 0 radical (unpaired) electrons. The average molecular weight is 428 g/mol. The second-order valence-corrected chi connectivity index (χ2v) is 7.15. The van der Waals surface area contributed by atoms with Crippen molar-refractivity contribution in [3.8, 4) is 16.9 Å². The molecule has 0 aliphatic heterocycles. The van der Waals surface area contributed by atoms with Gasteiger partial charge in [0.1, 0.15) is 16.9 Å². The summed E-state index contributed by atoms with van der Waals surface area (Å²) in [6, 6.07) is 10.9. The minimum Gasteiger partial charge on any atom is -0.507 e. The molecule has 0 saturated heterocycles. The molecule has 2 heterocycles. The first-order chi connectivity index (χ1) is 14.5. The van der Waals surface area contributed by atoms with Gasteiger partial charge in [0.2, 0.25) is 0 Å². The van der Waals surface area contributed by atoms with Crippen LogP contribution in [0.5, 0.6) is 5.75 Å². The summed E-state index contributed by atoms with van der Waals surface area (Å²) in [5, 5.41) is 15.1. The molecular formula is C22H18ClNO6. The van der Waals surface area contributed by atoms with Crippen LogP contribution in [0.15, 0.2) is 60.9 Å². The Hall–Kier alpha value is -3.13. The van der Waals surface area contributed by atoms with E-state index >= 15 is 0 Å². The lowest BCUT2D eigenvalue weighted by molar-refractivity contribution is 0.199. The summed E-state index contributed by atoms with van der Waals surface area (Å²) in [6.45, 7) is 1.29. The van der Waals surface area contributed by atoms with Gasteiger partial charge in [0.25, 0.3) is 0 Å². The predicted octanol–water partition coefficient (Wildman–Crippen LogP) is 3.66. The predicted molar refractivity (Wildman–Crippen MR) is 114 cm³/mol. The zero-order valence-corrected chi connectivity index (χ0v) is 16.8. The molecule has 2 N–H and O–H groups in total. The van der Waals surface area contributed by atoms with Gasteiger partial charge in [-0.2, -0.15) is 0 Å². The maximum atomic E-state index is 12.7. The van der Waals surface area contributed by atoms with E-state index in [0.717, 1.165) is 0 Å². The lowest BCUT2D eigenvalue weighted by Gasteiger charge is -2.11. The molecule has 0 amide bonds. The fourth-order valence-corrected chi connectivity index (χ4v) is 3.52. The molecule has 4 aromatic rings. The number of methoxy groups -OCH3 is 1. The molecule has 0 atom stereocenters. The molecule has 0 aliphatic carbocycles. The lowest BCUT2D eigenvalue weighted by atomic mass is 10.00. The van der Waals surface area contributed by atoms with E-state index in [2.05, 4.69) is 5.32 Å². The Morgan fingerprint density at radius 2 is 1.90 bits per heavy atom. The molecule has 0 spiro atoms. The minimum atomic E-state index is -0.646. The van der Waals surface area contributed by atoms with Crippen molar-refractivity contribution in [3.05, 3.63) is 73.9 Å². The SMILES string of the molecule is COCCNCc1c(O)ccc2c(-c3cc4cc(Cl)ccc4oc3=O)cc(=O)oc12. The van der Waals surface area contributed by atoms with Crippen LogP contribution in [0.4, 0.5) is 0 Å². The third-order valence-corrected chi connectivity index (χ3v) is 5.00.